The molecule has 1 unspecified atom stereocenters. The van der Waals surface area contributed by atoms with Crippen LogP contribution in [0.1, 0.15) is 36.0 Å². The van der Waals surface area contributed by atoms with E-state index >= 15 is 0 Å². The first-order valence-electron chi connectivity index (χ1n) is 10.3. The summed E-state index contributed by atoms with van der Waals surface area (Å²) in [6.45, 7) is 3.27. The molecule has 2 aliphatic heterocycles. The maximum atomic E-state index is 13.8. The largest absolute Gasteiger partial charge is 0.508 e. The summed E-state index contributed by atoms with van der Waals surface area (Å²) in [7, 11) is 0. The van der Waals surface area contributed by atoms with E-state index in [0.717, 1.165) is 42.6 Å². The van der Waals surface area contributed by atoms with Crippen molar-refractivity contribution >= 4 is 41.4 Å². The Morgan fingerprint density at radius 3 is 2.60 bits per heavy atom. The molecule has 4 rings (SSSR count). The number of carbonyl (C=O) groups excluding carboxylic acids is 1. The summed E-state index contributed by atoms with van der Waals surface area (Å²) in [5.41, 5.74) is 1.79. The number of phenols is 1. The fraction of sp³-hybridized carbons (Fsp3) is 0.435. The summed E-state index contributed by atoms with van der Waals surface area (Å²) >= 11 is 12.2. The topological polar surface area (TPSA) is 52.6 Å². The van der Waals surface area contributed by atoms with Crippen LogP contribution in [0.2, 0.25) is 10.0 Å². The molecule has 2 aromatic rings. The maximum absolute atomic E-state index is 13.8. The molecule has 0 aromatic heterocycles. The molecule has 0 aliphatic carbocycles. The molecule has 1 atom stereocenters. The molecule has 0 amide bonds. The van der Waals surface area contributed by atoms with Gasteiger partial charge in [-0.05, 0) is 61.7 Å². The molecule has 30 heavy (non-hydrogen) atoms. The number of carbonyl (C=O) groups is 1. The zero-order chi connectivity index (χ0) is 20.4. The number of likely N-dealkylation sites (tertiary alicyclic amines) is 1. The molecule has 2 heterocycles. The number of ketones is 1. The van der Waals surface area contributed by atoms with Gasteiger partial charge in [-0.2, -0.15) is 0 Å². The summed E-state index contributed by atoms with van der Waals surface area (Å²) in [6, 6.07) is 10.9. The van der Waals surface area contributed by atoms with E-state index in [2.05, 4.69) is 10.2 Å². The van der Waals surface area contributed by atoms with Gasteiger partial charge < -0.3 is 10.0 Å². The number of nitrogens with zero attached hydrogens (tertiary/aromatic N) is 1. The molecule has 1 saturated heterocycles. The minimum Gasteiger partial charge on any atom is -0.508 e. The second kappa shape index (κ2) is 9.88. The predicted molar refractivity (Wildman–Crippen MR) is 124 cm³/mol. The molecular formula is C23H27Cl3N2O2. The molecule has 0 spiro atoms. The van der Waals surface area contributed by atoms with Gasteiger partial charge >= 0.3 is 0 Å². The zero-order valence-corrected chi connectivity index (χ0v) is 19.1. The number of aromatic hydroxyl groups is 1. The molecule has 2 aromatic carbocycles. The number of hydrogen-bond donors (Lipinski definition) is 2. The Morgan fingerprint density at radius 2 is 1.87 bits per heavy atom. The number of Topliss-reactive ketones (excluding diaryl/α,β-unsaturated/α-hetero) is 1. The summed E-state index contributed by atoms with van der Waals surface area (Å²) in [6.07, 6.45) is 4.52. The lowest BCUT2D eigenvalue weighted by Crippen LogP contribution is -2.60. The number of halogens is 3. The van der Waals surface area contributed by atoms with Crippen molar-refractivity contribution in [1.82, 2.24) is 10.2 Å². The van der Waals surface area contributed by atoms with Gasteiger partial charge in [0.2, 0.25) is 0 Å². The molecule has 0 radical (unpaired) electrons. The second-order valence-electron chi connectivity index (χ2n) is 8.07. The highest BCUT2D eigenvalue weighted by Gasteiger charge is 2.44. The van der Waals surface area contributed by atoms with Crippen molar-refractivity contribution in [3.8, 4) is 5.75 Å². The van der Waals surface area contributed by atoms with Crippen molar-refractivity contribution in [2.24, 2.45) is 0 Å². The van der Waals surface area contributed by atoms with E-state index in [1.165, 1.54) is 6.42 Å². The molecule has 162 valence electrons. The van der Waals surface area contributed by atoms with Crippen molar-refractivity contribution in [2.75, 3.05) is 26.2 Å². The molecule has 2 aliphatic rings. The van der Waals surface area contributed by atoms with Gasteiger partial charge in [0.05, 0.1) is 10.0 Å². The maximum Gasteiger partial charge on any atom is 0.163 e. The van der Waals surface area contributed by atoms with Crippen LogP contribution in [0.4, 0.5) is 0 Å². The third-order valence-electron chi connectivity index (χ3n) is 6.15. The summed E-state index contributed by atoms with van der Waals surface area (Å²) in [4.78, 5) is 16.2. The van der Waals surface area contributed by atoms with E-state index < -0.39 is 5.54 Å². The van der Waals surface area contributed by atoms with E-state index in [9.17, 15) is 9.90 Å². The molecular weight excluding hydrogens is 443 g/mol. The number of rotatable bonds is 5. The second-order valence-corrected chi connectivity index (χ2v) is 8.88. The van der Waals surface area contributed by atoms with Crippen LogP contribution in [-0.4, -0.2) is 42.0 Å². The zero-order valence-electron chi connectivity index (χ0n) is 16.8. The highest BCUT2D eigenvalue weighted by atomic mass is 35.5. The Labute approximate surface area is 194 Å². The summed E-state index contributed by atoms with van der Waals surface area (Å²) in [5, 5.41) is 14.9. The van der Waals surface area contributed by atoms with Crippen molar-refractivity contribution < 1.29 is 9.90 Å². The number of hydrogen-bond acceptors (Lipinski definition) is 4. The number of piperidine rings is 1. The Bertz CT molecular complexity index is 915. The van der Waals surface area contributed by atoms with Crippen molar-refractivity contribution in [1.29, 1.82) is 0 Å². The minimum absolute atomic E-state index is 0. The van der Waals surface area contributed by atoms with Gasteiger partial charge in [-0.3, -0.25) is 10.1 Å². The van der Waals surface area contributed by atoms with Crippen LogP contribution in [0.3, 0.4) is 0 Å². The molecule has 0 bridgehead atoms. The molecule has 1 fully saturated rings. The number of nitrogens with one attached hydrogen (secondary N) is 1. The lowest BCUT2D eigenvalue weighted by molar-refractivity contribution is -0.126. The van der Waals surface area contributed by atoms with Gasteiger partial charge in [-0.1, -0.05) is 47.8 Å². The minimum atomic E-state index is -0.838. The SMILES string of the molecule is Cl.O=C(Cc1ccc(Cl)c(Cl)c1)C1(CN2CCCCC2)NCCc2c(O)cccc21. The lowest BCUT2D eigenvalue weighted by Gasteiger charge is -2.43. The normalized spacial score (nSPS) is 21.5. The van der Waals surface area contributed by atoms with Crippen molar-refractivity contribution in [3.05, 3.63) is 63.1 Å². The van der Waals surface area contributed by atoms with Crippen LogP contribution < -0.4 is 5.32 Å². The van der Waals surface area contributed by atoms with Crippen LogP contribution >= 0.6 is 35.6 Å². The van der Waals surface area contributed by atoms with Gasteiger partial charge in [0, 0.05) is 25.1 Å². The van der Waals surface area contributed by atoms with Gasteiger partial charge in [0.25, 0.3) is 0 Å². The van der Waals surface area contributed by atoms with E-state index in [1.807, 2.05) is 18.2 Å². The monoisotopic (exact) mass is 468 g/mol. The molecule has 2 N–H and O–H groups in total. The summed E-state index contributed by atoms with van der Waals surface area (Å²) in [5.74, 6) is 0.363. The molecule has 0 saturated carbocycles. The van der Waals surface area contributed by atoms with E-state index in [1.54, 1.807) is 18.2 Å². The number of phenolic OH excluding ortho intramolecular Hbond substituents is 1. The Hall–Kier alpha value is -1.30. The van der Waals surface area contributed by atoms with Crippen molar-refractivity contribution in [3.63, 3.8) is 0 Å². The third kappa shape index (κ3) is 4.63. The van der Waals surface area contributed by atoms with Gasteiger partial charge in [-0.15, -0.1) is 12.4 Å². The predicted octanol–water partition coefficient (Wildman–Crippen LogP) is 4.76. The fourth-order valence-corrected chi connectivity index (χ4v) is 4.97. The highest BCUT2D eigenvalue weighted by Crippen LogP contribution is 2.36. The first-order valence-corrected chi connectivity index (χ1v) is 11.0. The number of benzene rings is 2. The van der Waals surface area contributed by atoms with E-state index in [4.69, 9.17) is 23.2 Å². The van der Waals surface area contributed by atoms with E-state index in [-0.39, 0.29) is 30.4 Å². The fourth-order valence-electron chi connectivity index (χ4n) is 4.65. The Kier molecular flexibility index (Phi) is 7.70. The van der Waals surface area contributed by atoms with E-state index in [0.29, 0.717) is 29.6 Å². The average Bonchev–Trinajstić information content (AvgIpc) is 2.72. The van der Waals surface area contributed by atoms with Gasteiger partial charge in [-0.25, -0.2) is 0 Å². The lowest BCUT2D eigenvalue weighted by atomic mass is 9.76. The quantitative estimate of drug-likeness (QED) is 0.663. The highest BCUT2D eigenvalue weighted by molar-refractivity contribution is 6.42. The average molecular weight is 470 g/mol. The third-order valence-corrected chi connectivity index (χ3v) is 6.89. The van der Waals surface area contributed by atoms with Crippen LogP contribution in [-0.2, 0) is 23.2 Å². The standard InChI is InChI=1S/C23H26Cl2N2O2.ClH/c24-19-8-7-16(13-20(19)25)14-22(29)23(15-27-11-2-1-3-12-27)18-5-4-6-21(28)17(18)9-10-26-23;/h4-8,13,26,28H,1-3,9-12,14-15H2;1H. The van der Waals surface area contributed by atoms with Gasteiger partial charge in [0.15, 0.2) is 5.78 Å². The van der Waals surface area contributed by atoms with Crippen LogP contribution in [0.5, 0.6) is 5.75 Å². The van der Waals surface area contributed by atoms with Gasteiger partial charge in [0.1, 0.15) is 11.3 Å². The van der Waals surface area contributed by atoms with Crippen molar-refractivity contribution in [2.45, 2.75) is 37.6 Å². The van der Waals surface area contributed by atoms with Crippen LogP contribution in [0.15, 0.2) is 36.4 Å². The van der Waals surface area contributed by atoms with Crippen LogP contribution in [0, 0.1) is 0 Å². The smallest absolute Gasteiger partial charge is 0.163 e. The molecule has 4 nitrogen and oxygen atoms in total. The Balaban J connectivity index is 0.00000256. The number of fused-ring (bicyclic) bond motifs is 1. The Morgan fingerprint density at radius 1 is 1.10 bits per heavy atom. The first-order chi connectivity index (χ1) is 14.0. The van der Waals surface area contributed by atoms with Crippen LogP contribution in [0.25, 0.3) is 0 Å². The summed E-state index contributed by atoms with van der Waals surface area (Å²) < 4.78 is 0. The first kappa shape index (κ1) is 23.4. The molecule has 7 heteroatoms.